The molecule has 0 radical (unpaired) electrons. The molecule has 7 heteroatoms. The van der Waals surface area contributed by atoms with Crippen molar-refractivity contribution in [3.8, 4) is 5.69 Å². The average Bonchev–Trinajstić information content (AvgIpc) is 2.93. The fourth-order valence-electron chi connectivity index (χ4n) is 2.10. The number of carbonyl (C=O) groups excluding carboxylic acids is 1. The number of nitrogens with zero attached hydrogens (tertiary/aromatic N) is 4. The number of rotatable bonds is 2. The third-order valence-electron chi connectivity index (χ3n) is 3.27. The van der Waals surface area contributed by atoms with Crippen LogP contribution in [0.3, 0.4) is 0 Å². The first-order valence-electron chi connectivity index (χ1n) is 6.92. The van der Waals surface area contributed by atoms with Crippen molar-refractivity contribution < 1.29 is 4.79 Å². The van der Waals surface area contributed by atoms with Gasteiger partial charge in [-0.2, -0.15) is 10.1 Å². The molecule has 116 valence electrons. The van der Waals surface area contributed by atoms with Gasteiger partial charge < -0.3 is 4.57 Å². The van der Waals surface area contributed by atoms with Crippen LogP contribution in [0.1, 0.15) is 16.2 Å². The van der Waals surface area contributed by atoms with Gasteiger partial charge in [0.15, 0.2) is 10.5 Å². The maximum absolute atomic E-state index is 12.3. The van der Waals surface area contributed by atoms with E-state index in [9.17, 15) is 9.59 Å². The van der Waals surface area contributed by atoms with Crippen LogP contribution in [0.4, 0.5) is 0 Å². The van der Waals surface area contributed by atoms with Crippen molar-refractivity contribution in [2.45, 2.75) is 6.92 Å². The van der Waals surface area contributed by atoms with E-state index in [1.165, 1.54) is 17.4 Å². The number of thiazole rings is 1. The summed E-state index contributed by atoms with van der Waals surface area (Å²) in [6, 6.07) is 10.7. The SMILES string of the molecule is Cc1cc(=O)c(C(=O)N=c2sccn2C)nn1-c1ccccc1. The first-order valence-corrected chi connectivity index (χ1v) is 7.80. The molecule has 2 heterocycles. The van der Waals surface area contributed by atoms with Crippen molar-refractivity contribution >= 4 is 17.2 Å². The summed E-state index contributed by atoms with van der Waals surface area (Å²) in [7, 11) is 1.79. The zero-order valence-electron chi connectivity index (χ0n) is 12.6. The van der Waals surface area contributed by atoms with Crippen LogP contribution in [0, 0.1) is 6.92 Å². The summed E-state index contributed by atoms with van der Waals surface area (Å²) >= 11 is 1.32. The number of para-hydroxylation sites is 1. The van der Waals surface area contributed by atoms with Gasteiger partial charge in [0.1, 0.15) is 0 Å². The molecule has 1 aromatic carbocycles. The second kappa shape index (κ2) is 6.13. The fourth-order valence-corrected chi connectivity index (χ4v) is 2.83. The Morgan fingerprint density at radius 3 is 2.65 bits per heavy atom. The Hall–Kier alpha value is -2.80. The lowest BCUT2D eigenvalue weighted by Gasteiger charge is -2.09. The molecule has 0 fully saturated rings. The van der Waals surface area contributed by atoms with Gasteiger partial charge in [-0.1, -0.05) is 18.2 Å². The Morgan fingerprint density at radius 1 is 1.26 bits per heavy atom. The van der Waals surface area contributed by atoms with Crippen LogP contribution in [0.15, 0.2) is 57.8 Å². The van der Waals surface area contributed by atoms with Gasteiger partial charge in [0.25, 0.3) is 0 Å². The van der Waals surface area contributed by atoms with Gasteiger partial charge in [-0.15, -0.1) is 11.3 Å². The van der Waals surface area contributed by atoms with E-state index >= 15 is 0 Å². The molecule has 3 aromatic rings. The standard InChI is InChI=1S/C16H14N4O2S/c1-11-10-13(21)14(15(22)17-16-19(2)8-9-23-16)18-20(11)12-6-4-3-5-7-12/h3-10H,1-2H3. The van der Waals surface area contributed by atoms with Gasteiger partial charge in [-0.3, -0.25) is 9.59 Å². The van der Waals surface area contributed by atoms with Gasteiger partial charge in [0.05, 0.1) is 5.69 Å². The molecule has 23 heavy (non-hydrogen) atoms. The molecule has 0 unspecified atom stereocenters. The van der Waals surface area contributed by atoms with Crippen molar-refractivity contribution in [2.75, 3.05) is 0 Å². The predicted octanol–water partition coefficient (Wildman–Crippen LogP) is 1.68. The molecule has 0 saturated carbocycles. The minimum absolute atomic E-state index is 0.187. The van der Waals surface area contributed by atoms with Crippen molar-refractivity contribution in [3.05, 3.63) is 74.4 Å². The Kier molecular flexibility index (Phi) is 4.03. The predicted molar refractivity (Wildman–Crippen MR) is 87.8 cm³/mol. The molecule has 0 N–H and O–H groups in total. The zero-order valence-corrected chi connectivity index (χ0v) is 13.4. The molecule has 6 nitrogen and oxygen atoms in total. The topological polar surface area (TPSA) is 69.2 Å². The summed E-state index contributed by atoms with van der Waals surface area (Å²) in [6.45, 7) is 1.77. The van der Waals surface area contributed by atoms with E-state index in [1.807, 2.05) is 35.7 Å². The third-order valence-corrected chi connectivity index (χ3v) is 4.12. The van der Waals surface area contributed by atoms with E-state index < -0.39 is 11.3 Å². The summed E-state index contributed by atoms with van der Waals surface area (Å²) < 4.78 is 3.28. The van der Waals surface area contributed by atoms with Crippen molar-refractivity contribution in [2.24, 2.45) is 12.0 Å². The highest BCUT2D eigenvalue weighted by Crippen LogP contribution is 2.08. The molecule has 0 saturated heterocycles. The number of aryl methyl sites for hydroxylation is 2. The Bertz CT molecular complexity index is 983. The molecule has 0 aliphatic heterocycles. The number of aromatic nitrogens is 3. The molecular weight excluding hydrogens is 312 g/mol. The highest BCUT2D eigenvalue weighted by Gasteiger charge is 2.14. The van der Waals surface area contributed by atoms with Gasteiger partial charge in [0.2, 0.25) is 5.43 Å². The minimum atomic E-state index is -0.641. The molecule has 0 aliphatic rings. The van der Waals surface area contributed by atoms with Crippen LogP contribution < -0.4 is 10.2 Å². The number of benzene rings is 1. The van der Waals surface area contributed by atoms with Crippen molar-refractivity contribution in [1.29, 1.82) is 0 Å². The van der Waals surface area contributed by atoms with E-state index in [-0.39, 0.29) is 5.69 Å². The molecule has 1 amide bonds. The Labute approximate surface area is 136 Å². The molecule has 0 bridgehead atoms. The Balaban J connectivity index is 2.12. The summed E-state index contributed by atoms with van der Waals surface area (Å²) in [5, 5.41) is 6.02. The van der Waals surface area contributed by atoms with Gasteiger partial charge in [-0.05, 0) is 19.1 Å². The second-order valence-electron chi connectivity index (χ2n) is 4.96. The highest BCUT2D eigenvalue weighted by atomic mass is 32.1. The summed E-state index contributed by atoms with van der Waals surface area (Å²) in [5.41, 5.74) is 0.815. The van der Waals surface area contributed by atoms with Crippen molar-refractivity contribution in [1.82, 2.24) is 14.3 Å². The van der Waals surface area contributed by atoms with E-state index in [4.69, 9.17) is 0 Å². The van der Waals surface area contributed by atoms with Crippen LogP contribution in [0.25, 0.3) is 5.69 Å². The van der Waals surface area contributed by atoms with E-state index in [0.717, 1.165) is 5.69 Å². The van der Waals surface area contributed by atoms with Crippen molar-refractivity contribution in [3.63, 3.8) is 0 Å². The van der Waals surface area contributed by atoms with E-state index in [2.05, 4.69) is 10.1 Å². The zero-order chi connectivity index (χ0) is 16.4. The largest absolute Gasteiger partial charge is 0.327 e. The monoisotopic (exact) mass is 326 g/mol. The molecule has 2 aromatic heterocycles. The lowest BCUT2D eigenvalue weighted by Crippen LogP contribution is -2.23. The first kappa shape index (κ1) is 15.1. The van der Waals surface area contributed by atoms with Crippen LogP contribution in [-0.2, 0) is 7.05 Å². The van der Waals surface area contributed by atoms with Crippen LogP contribution in [0.5, 0.6) is 0 Å². The highest BCUT2D eigenvalue weighted by molar-refractivity contribution is 7.07. The third kappa shape index (κ3) is 3.04. The first-order chi connectivity index (χ1) is 11.1. The van der Waals surface area contributed by atoms with E-state index in [1.54, 1.807) is 29.4 Å². The van der Waals surface area contributed by atoms with E-state index in [0.29, 0.717) is 10.5 Å². The fraction of sp³-hybridized carbons (Fsp3) is 0.125. The van der Waals surface area contributed by atoms with Gasteiger partial charge in [0, 0.05) is 30.4 Å². The number of hydrogen-bond donors (Lipinski definition) is 0. The summed E-state index contributed by atoms with van der Waals surface area (Å²) in [5.74, 6) is -0.641. The second-order valence-corrected chi connectivity index (χ2v) is 5.83. The van der Waals surface area contributed by atoms with Gasteiger partial charge in [-0.25, -0.2) is 4.68 Å². The molecule has 0 atom stereocenters. The molecule has 0 aliphatic carbocycles. The van der Waals surface area contributed by atoms with Gasteiger partial charge >= 0.3 is 5.91 Å². The maximum atomic E-state index is 12.3. The van der Waals surface area contributed by atoms with Crippen LogP contribution in [-0.4, -0.2) is 20.3 Å². The average molecular weight is 326 g/mol. The summed E-state index contributed by atoms with van der Waals surface area (Å²) in [6.07, 6.45) is 1.79. The number of amides is 1. The normalized spacial score (nSPS) is 11.7. The lowest BCUT2D eigenvalue weighted by molar-refractivity contribution is 0.0990. The Morgan fingerprint density at radius 2 is 2.00 bits per heavy atom. The van der Waals surface area contributed by atoms with Crippen LogP contribution in [0.2, 0.25) is 0 Å². The molecule has 3 rings (SSSR count). The number of carbonyl (C=O) groups is 1. The quantitative estimate of drug-likeness (QED) is 0.719. The lowest BCUT2D eigenvalue weighted by atomic mass is 10.3. The van der Waals surface area contributed by atoms with Crippen LogP contribution >= 0.6 is 11.3 Å². The number of hydrogen-bond acceptors (Lipinski definition) is 4. The summed E-state index contributed by atoms with van der Waals surface area (Å²) in [4.78, 5) is 28.9. The molecular formula is C16H14N4O2S. The maximum Gasteiger partial charge on any atom is 0.304 e. The smallest absolute Gasteiger partial charge is 0.304 e. The minimum Gasteiger partial charge on any atom is -0.327 e. The molecule has 0 spiro atoms.